The van der Waals surface area contributed by atoms with Gasteiger partial charge in [-0.1, -0.05) is 18.2 Å². The summed E-state index contributed by atoms with van der Waals surface area (Å²) < 4.78 is 1.69. The van der Waals surface area contributed by atoms with Crippen LogP contribution >= 0.6 is 12.4 Å². The van der Waals surface area contributed by atoms with Crippen LogP contribution in [-0.2, 0) is 0 Å². The first kappa shape index (κ1) is 15.5. The number of carbonyl (C=O) groups excluding carboxylic acids is 1. The molecule has 0 unspecified atom stereocenters. The zero-order valence-corrected chi connectivity index (χ0v) is 12.5. The Balaban J connectivity index is 0.00000161. The summed E-state index contributed by atoms with van der Waals surface area (Å²) in [5.41, 5.74) is 7.37. The first-order valence-corrected chi connectivity index (χ1v) is 6.84. The highest BCUT2D eigenvalue weighted by molar-refractivity contribution is 5.93. The lowest BCUT2D eigenvalue weighted by Crippen LogP contribution is -2.54. The molecule has 112 valence electrons. The minimum Gasteiger partial charge on any atom is -0.350 e. The quantitative estimate of drug-likeness (QED) is 0.906. The van der Waals surface area contributed by atoms with E-state index in [-0.39, 0.29) is 23.9 Å². The van der Waals surface area contributed by atoms with Gasteiger partial charge in [-0.15, -0.1) is 12.4 Å². The highest BCUT2D eigenvalue weighted by Crippen LogP contribution is 2.28. The van der Waals surface area contributed by atoms with Crippen molar-refractivity contribution in [3.8, 4) is 5.69 Å². The number of halogens is 1. The minimum absolute atomic E-state index is 0. The van der Waals surface area contributed by atoms with E-state index in [0.717, 1.165) is 24.9 Å². The average molecular weight is 307 g/mol. The van der Waals surface area contributed by atoms with E-state index in [9.17, 15) is 4.79 Å². The molecule has 1 aliphatic rings. The predicted octanol–water partition coefficient (Wildman–Crippen LogP) is 1.91. The highest BCUT2D eigenvalue weighted by Gasteiger charge is 2.32. The molecule has 6 heteroatoms. The molecule has 5 nitrogen and oxygen atoms in total. The number of aromatic nitrogens is 2. The van der Waals surface area contributed by atoms with Crippen molar-refractivity contribution in [2.24, 2.45) is 5.73 Å². The van der Waals surface area contributed by atoms with Crippen LogP contribution in [0.2, 0.25) is 0 Å². The van der Waals surface area contributed by atoms with Gasteiger partial charge in [0.1, 0.15) is 0 Å². The van der Waals surface area contributed by atoms with Crippen LogP contribution in [0.25, 0.3) is 5.69 Å². The Morgan fingerprint density at radius 3 is 2.67 bits per heavy atom. The zero-order valence-electron chi connectivity index (χ0n) is 11.7. The Kier molecular flexibility index (Phi) is 4.65. The molecule has 1 aliphatic carbocycles. The van der Waals surface area contributed by atoms with Gasteiger partial charge >= 0.3 is 0 Å². The van der Waals surface area contributed by atoms with Gasteiger partial charge < -0.3 is 11.1 Å². The second-order valence-corrected chi connectivity index (χ2v) is 5.41. The van der Waals surface area contributed by atoms with Crippen molar-refractivity contribution in [3.05, 3.63) is 48.3 Å². The van der Waals surface area contributed by atoms with Crippen molar-refractivity contribution < 1.29 is 4.79 Å². The largest absolute Gasteiger partial charge is 0.350 e. The highest BCUT2D eigenvalue weighted by atomic mass is 35.5. The summed E-state index contributed by atoms with van der Waals surface area (Å²) in [6.07, 6.45) is 6.42. The van der Waals surface area contributed by atoms with Crippen LogP contribution in [0.15, 0.2) is 42.7 Å². The molecular formula is C15H19ClN4O. The standard InChI is InChI=1S/C15H18N4O.ClH/c16-15(7-4-8-15)11-17-14(20)12-9-18-19(10-12)13-5-2-1-3-6-13;/h1-3,5-6,9-10H,4,7-8,11,16H2,(H,17,20);1H. The van der Waals surface area contributed by atoms with Crippen molar-refractivity contribution >= 4 is 18.3 Å². The molecule has 2 aromatic rings. The van der Waals surface area contributed by atoms with Crippen LogP contribution in [-0.4, -0.2) is 27.8 Å². The number of carbonyl (C=O) groups is 1. The van der Waals surface area contributed by atoms with E-state index in [1.54, 1.807) is 17.1 Å². The van der Waals surface area contributed by atoms with Gasteiger partial charge in [0.25, 0.3) is 5.91 Å². The van der Waals surface area contributed by atoms with Gasteiger partial charge in [-0.2, -0.15) is 5.10 Å². The van der Waals surface area contributed by atoms with Gasteiger partial charge in [-0.3, -0.25) is 4.79 Å². The fraction of sp³-hybridized carbons (Fsp3) is 0.333. The molecule has 0 spiro atoms. The monoisotopic (exact) mass is 306 g/mol. The maximum atomic E-state index is 12.1. The summed E-state index contributed by atoms with van der Waals surface area (Å²) in [5, 5.41) is 7.10. The molecular weight excluding hydrogens is 288 g/mol. The van der Waals surface area contributed by atoms with E-state index in [0.29, 0.717) is 12.1 Å². The smallest absolute Gasteiger partial charge is 0.254 e. The van der Waals surface area contributed by atoms with Crippen LogP contribution in [0.4, 0.5) is 0 Å². The van der Waals surface area contributed by atoms with Gasteiger partial charge in [0, 0.05) is 18.3 Å². The fourth-order valence-corrected chi connectivity index (χ4v) is 2.33. The van der Waals surface area contributed by atoms with Gasteiger partial charge in [0.05, 0.1) is 17.4 Å². The molecule has 1 fully saturated rings. The zero-order chi connectivity index (χ0) is 14.0. The lowest BCUT2D eigenvalue weighted by atomic mass is 9.78. The van der Waals surface area contributed by atoms with Crippen molar-refractivity contribution in [2.75, 3.05) is 6.54 Å². The predicted molar refractivity (Wildman–Crippen MR) is 83.9 cm³/mol. The Hall–Kier alpha value is -1.85. The molecule has 0 radical (unpaired) electrons. The number of nitrogens with zero attached hydrogens (tertiary/aromatic N) is 2. The molecule has 1 heterocycles. The molecule has 1 aromatic heterocycles. The van der Waals surface area contributed by atoms with Gasteiger partial charge in [0.15, 0.2) is 0 Å². The number of benzene rings is 1. The van der Waals surface area contributed by atoms with Crippen LogP contribution in [0.3, 0.4) is 0 Å². The number of para-hydroxylation sites is 1. The minimum atomic E-state index is -0.203. The summed E-state index contributed by atoms with van der Waals surface area (Å²) in [6, 6.07) is 9.70. The maximum absolute atomic E-state index is 12.1. The third-order valence-corrected chi connectivity index (χ3v) is 3.82. The second kappa shape index (κ2) is 6.28. The van der Waals surface area contributed by atoms with Crippen molar-refractivity contribution in [1.29, 1.82) is 0 Å². The molecule has 21 heavy (non-hydrogen) atoms. The number of amides is 1. The molecule has 1 aromatic carbocycles. The molecule has 0 bridgehead atoms. The number of hydrogen-bond donors (Lipinski definition) is 2. The van der Waals surface area contributed by atoms with Crippen molar-refractivity contribution in [3.63, 3.8) is 0 Å². The van der Waals surface area contributed by atoms with Crippen molar-refractivity contribution in [1.82, 2.24) is 15.1 Å². The summed E-state index contributed by atoms with van der Waals surface area (Å²) in [7, 11) is 0. The normalized spacial score (nSPS) is 15.7. The number of nitrogens with two attached hydrogens (primary N) is 1. The van der Waals surface area contributed by atoms with E-state index < -0.39 is 0 Å². The molecule has 1 saturated carbocycles. The summed E-state index contributed by atoms with van der Waals surface area (Å²) in [4.78, 5) is 12.1. The summed E-state index contributed by atoms with van der Waals surface area (Å²) in [5.74, 6) is -0.121. The molecule has 3 N–H and O–H groups in total. The van der Waals surface area contributed by atoms with E-state index >= 15 is 0 Å². The van der Waals surface area contributed by atoms with Crippen LogP contribution in [0.5, 0.6) is 0 Å². The molecule has 0 aliphatic heterocycles. The lowest BCUT2D eigenvalue weighted by molar-refractivity contribution is 0.0930. The van der Waals surface area contributed by atoms with Crippen LogP contribution in [0, 0.1) is 0 Å². The number of nitrogens with one attached hydrogen (secondary N) is 1. The van der Waals surface area contributed by atoms with E-state index in [2.05, 4.69) is 10.4 Å². The Bertz CT molecular complexity index is 607. The van der Waals surface area contributed by atoms with E-state index in [4.69, 9.17) is 5.73 Å². The van der Waals surface area contributed by atoms with Crippen molar-refractivity contribution in [2.45, 2.75) is 24.8 Å². The summed E-state index contributed by atoms with van der Waals surface area (Å²) in [6.45, 7) is 0.530. The molecule has 0 atom stereocenters. The van der Waals surface area contributed by atoms with Crippen LogP contribution in [0.1, 0.15) is 29.6 Å². The third kappa shape index (κ3) is 3.43. The fourth-order valence-electron chi connectivity index (χ4n) is 2.33. The summed E-state index contributed by atoms with van der Waals surface area (Å²) >= 11 is 0. The number of hydrogen-bond acceptors (Lipinski definition) is 3. The van der Waals surface area contributed by atoms with Gasteiger partial charge in [-0.05, 0) is 31.4 Å². The second-order valence-electron chi connectivity index (χ2n) is 5.41. The SMILES string of the molecule is Cl.NC1(CNC(=O)c2cnn(-c3ccccc3)c2)CCC1. The third-order valence-electron chi connectivity index (χ3n) is 3.82. The Morgan fingerprint density at radius 1 is 1.33 bits per heavy atom. The number of rotatable bonds is 4. The van der Waals surface area contributed by atoms with Gasteiger partial charge in [-0.25, -0.2) is 4.68 Å². The molecule has 1 amide bonds. The molecule has 0 saturated heterocycles. The molecule has 3 rings (SSSR count). The topological polar surface area (TPSA) is 72.9 Å². The average Bonchev–Trinajstić information content (AvgIpc) is 2.93. The first-order valence-electron chi connectivity index (χ1n) is 6.84. The Labute approximate surface area is 129 Å². The van der Waals surface area contributed by atoms with E-state index in [1.165, 1.54) is 0 Å². The van der Waals surface area contributed by atoms with E-state index in [1.807, 2.05) is 30.3 Å². The Morgan fingerprint density at radius 2 is 2.05 bits per heavy atom. The maximum Gasteiger partial charge on any atom is 0.254 e. The van der Waals surface area contributed by atoms with Crippen LogP contribution < -0.4 is 11.1 Å². The first-order chi connectivity index (χ1) is 9.66. The lowest BCUT2D eigenvalue weighted by Gasteiger charge is -2.38. The van der Waals surface area contributed by atoms with Gasteiger partial charge in [0.2, 0.25) is 0 Å².